The van der Waals surface area contributed by atoms with Crippen molar-refractivity contribution in [1.82, 2.24) is 0 Å². The van der Waals surface area contributed by atoms with Gasteiger partial charge in [0, 0.05) is 10.7 Å². The number of carboxylic acids is 1. The minimum absolute atomic E-state index is 0.0216. The zero-order valence-electron chi connectivity index (χ0n) is 15.5. The molecule has 0 radical (unpaired) electrons. The zero-order chi connectivity index (χ0) is 20.1. The first kappa shape index (κ1) is 18.3. The third kappa shape index (κ3) is 3.29. The van der Waals surface area contributed by atoms with Crippen LogP contribution < -0.4 is 10.1 Å². The van der Waals surface area contributed by atoms with Gasteiger partial charge in [-0.25, -0.2) is 0 Å². The Balaban J connectivity index is 1.29. The molecule has 148 valence electrons. The van der Waals surface area contributed by atoms with Crippen LogP contribution in [0, 0.1) is 35.5 Å². The number of halogens is 1. The molecular formula is C23H20ClNO4. The average molecular weight is 410 g/mol. The average Bonchev–Trinajstić information content (AvgIpc) is 3.51. The molecule has 6 heteroatoms. The Morgan fingerprint density at radius 2 is 1.66 bits per heavy atom. The maximum atomic E-state index is 13.0. The van der Waals surface area contributed by atoms with Crippen LogP contribution in [0.4, 0.5) is 5.69 Å². The van der Waals surface area contributed by atoms with E-state index in [4.69, 9.17) is 16.3 Å². The van der Waals surface area contributed by atoms with E-state index in [9.17, 15) is 14.7 Å². The van der Waals surface area contributed by atoms with Gasteiger partial charge >= 0.3 is 5.97 Å². The van der Waals surface area contributed by atoms with Gasteiger partial charge in [0.2, 0.25) is 5.91 Å². The van der Waals surface area contributed by atoms with E-state index in [-0.39, 0.29) is 17.7 Å². The van der Waals surface area contributed by atoms with Gasteiger partial charge in [0.05, 0.1) is 11.8 Å². The first-order chi connectivity index (χ1) is 14.0. The monoisotopic (exact) mass is 409 g/mol. The summed E-state index contributed by atoms with van der Waals surface area (Å²) in [5.74, 6) is -0.0959. The summed E-state index contributed by atoms with van der Waals surface area (Å²) in [6.07, 6.45) is 5.11. The topological polar surface area (TPSA) is 75.6 Å². The molecule has 0 aliphatic heterocycles. The van der Waals surface area contributed by atoms with Crippen LogP contribution in [0.1, 0.15) is 6.42 Å². The lowest BCUT2D eigenvalue weighted by Crippen LogP contribution is -2.48. The fraction of sp³-hybridized carbons (Fsp3) is 0.304. The molecule has 5 nitrogen and oxygen atoms in total. The fourth-order valence-electron chi connectivity index (χ4n) is 5.07. The molecule has 6 atom stereocenters. The van der Waals surface area contributed by atoms with E-state index in [0.29, 0.717) is 34.0 Å². The van der Waals surface area contributed by atoms with Gasteiger partial charge in [0.1, 0.15) is 11.5 Å². The van der Waals surface area contributed by atoms with Crippen LogP contribution in [-0.2, 0) is 9.59 Å². The number of nitrogens with one attached hydrogen (secondary N) is 1. The number of fused-ring (bicyclic) bond motifs is 1. The second-order valence-electron chi connectivity index (χ2n) is 8.07. The van der Waals surface area contributed by atoms with Gasteiger partial charge in [-0.15, -0.1) is 0 Å². The number of anilines is 1. The number of hydrogen-bond donors (Lipinski definition) is 2. The summed E-state index contributed by atoms with van der Waals surface area (Å²) in [6, 6.07) is 14.1. The number of aliphatic carboxylic acids is 1. The highest BCUT2D eigenvalue weighted by Crippen LogP contribution is 2.63. The van der Waals surface area contributed by atoms with Crippen LogP contribution >= 0.6 is 11.6 Å². The molecule has 2 N–H and O–H groups in total. The number of carboxylic acid groups (broad SMARTS) is 1. The second-order valence-corrected chi connectivity index (χ2v) is 8.50. The first-order valence-electron chi connectivity index (χ1n) is 9.77. The number of ether oxygens (including phenoxy) is 1. The van der Waals surface area contributed by atoms with Crippen LogP contribution in [0.3, 0.4) is 0 Å². The predicted molar refractivity (Wildman–Crippen MR) is 109 cm³/mol. The van der Waals surface area contributed by atoms with E-state index >= 15 is 0 Å². The maximum absolute atomic E-state index is 13.0. The molecule has 2 saturated carbocycles. The lowest BCUT2D eigenvalue weighted by molar-refractivity contribution is -0.152. The number of amides is 1. The molecule has 4 aliphatic carbocycles. The molecule has 2 fully saturated rings. The molecule has 2 bridgehead atoms. The molecule has 6 rings (SSSR count). The van der Waals surface area contributed by atoms with E-state index in [1.807, 2.05) is 18.2 Å². The molecule has 2 aromatic carbocycles. The fourth-order valence-corrected chi connectivity index (χ4v) is 5.25. The summed E-state index contributed by atoms with van der Waals surface area (Å²) >= 11 is 5.97. The number of rotatable bonds is 5. The van der Waals surface area contributed by atoms with Crippen molar-refractivity contribution < 1.29 is 19.4 Å². The Morgan fingerprint density at radius 3 is 2.31 bits per heavy atom. The summed E-state index contributed by atoms with van der Waals surface area (Å²) < 4.78 is 5.76. The highest BCUT2D eigenvalue weighted by atomic mass is 35.5. The van der Waals surface area contributed by atoms with Gasteiger partial charge in [0.25, 0.3) is 0 Å². The second kappa shape index (κ2) is 6.92. The molecule has 1 amide bonds. The minimum atomic E-state index is -0.875. The van der Waals surface area contributed by atoms with Crippen LogP contribution in [0.25, 0.3) is 0 Å². The van der Waals surface area contributed by atoms with E-state index < -0.39 is 17.8 Å². The summed E-state index contributed by atoms with van der Waals surface area (Å²) in [7, 11) is 0. The van der Waals surface area contributed by atoms with Crippen molar-refractivity contribution in [3.05, 3.63) is 65.7 Å². The van der Waals surface area contributed by atoms with E-state index in [0.717, 1.165) is 6.42 Å². The molecule has 0 spiro atoms. The van der Waals surface area contributed by atoms with Gasteiger partial charge < -0.3 is 15.2 Å². The van der Waals surface area contributed by atoms with E-state index in [1.54, 1.807) is 36.4 Å². The first-order valence-corrected chi connectivity index (χ1v) is 10.1. The van der Waals surface area contributed by atoms with Crippen molar-refractivity contribution in [2.75, 3.05) is 5.32 Å². The van der Waals surface area contributed by atoms with Gasteiger partial charge in [-0.05, 0) is 72.6 Å². The van der Waals surface area contributed by atoms with Crippen LogP contribution in [0.5, 0.6) is 11.5 Å². The lowest BCUT2D eigenvalue weighted by Gasteiger charge is -2.41. The predicted octanol–water partition coefficient (Wildman–Crippen LogP) is 4.84. The van der Waals surface area contributed by atoms with Gasteiger partial charge in [-0.3, -0.25) is 9.59 Å². The third-order valence-corrected chi connectivity index (χ3v) is 6.63. The van der Waals surface area contributed by atoms with Gasteiger partial charge in [-0.2, -0.15) is 0 Å². The van der Waals surface area contributed by atoms with Gasteiger partial charge in [0.15, 0.2) is 0 Å². The third-order valence-electron chi connectivity index (χ3n) is 6.39. The lowest BCUT2D eigenvalue weighted by atomic mass is 9.62. The summed E-state index contributed by atoms with van der Waals surface area (Å²) in [4.78, 5) is 24.9. The van der Waals surface area contributed by atoms with Crippen molar-refractivity contribution in [2.45, 2.75) is 6.42 Å². The SMILES string of the molecule is O=C(O)[C@@H]1[C@H]2C=C[C@@H]([C@@H]3C[C@@H]23)[C@@H]1C(=O)Nc1ccc(Oc2cccc(Cl)c2)cc1. The molecule has 0 saturated heterocycles. The van der Waals surface area contributed by atoms with Crippen LogP contribution in [-0.4, -0.2) is 17.0 Å². The Bertz CT molecular complexity index is 1000. The summed E-state index contributed by atoms with van der Waals surface area (Å²) in [5.41, 5.74) is 0.621. The van der Waals surface area contributed by atoms with Crippen molar-refractivity contribution in [2.24, 2.45) is 35.5 Å². The van der Waals surface area contributed by atoms with Crippen LogP contribution in [0.2, 0.25) is 5.02 Å². The molecule has 2 aromatic rings. The highest BCUT2D eigenvalue weighted by Gasteiger charge is 2.62. The van der Waals surface area contributed by atoms with Gasteiger partial charge in [-0.1, -0.05) is 29.8 Å². The number of carbonyl (C=O) groups excluding carboxylic acids is 1. The molecule has 29 heavy (non-hydrogen) atoms. The van der Waals surface area contributed by atoms with Crippen molar-refractivity contribution in [3.8, 4) is 11.5 Å². The Labute approximate surface area is 173 Å². The Morgan fingerprint density at radius 1 is 0.966 bits per heavy atom. The largest absolute Gasteiger partial charge is 0.481 e. The smallest absolute Gasteiger partial charge is 0.307 e. The number of benzene rings is 2. The minimum Gasteiger partial charge on any atom is -0.481 e. The maximum Gasteiger partial charge on any atom is 0.307 e. The highest BCUT2D eigenvalue weighted by molar-refractivity contribution is 6.30. The summed E-state index contributed by atoms with van der Waals surface area (Å²) in [6.45, 7) is 0. The van der Waals surface area contributed by atoms with Crippen molar-refractivity contribution in [1.29, 1.82) is 0 Å². The zero-order valence-corrected chi connectivity index (χ0v) is 16.3. The summed E-state index contributed by atoms with van der Waals surface area (Å²) in [5, 5.41) is 13.2. The quantitative estimate of drug-likeness (QED) is 0.693. The van der Waals surface area contributed by atoms with Crippen molar-refractivity contribution in [3.63, 3.8) is 0 Å². The molecule has 0 unspecified atom stereocenters. The van der Waals surface area contributed by atoms with E-state index in [1.165, 1.54) is 0 Å². The molecule has 0 heterocycles. The number of allylic oxidation sites excluding steroid dienone is 2. The number of carbonyl (C=O) groups is 2. The number of hydrogen-bond acceptors (Lipinski definition) is 3. The standard InChI is InChI=1S/C23H20ClNO4/c24-12-2-1-3-15(10-12)29-14-6-4-13(5-7-14)25-22(26)20-16-8-9-17(19-11-18(16)19)21(20)23(27)28/h1-10,16-21H,11H2,(H,25,26)(H,27,28)/t16-,17-,18-,19-,20-,21+/m0/s1. The van der Waals surface area contributed by atoms with E-state index in [2.05, 4.69) is 11.4 Å². The molecule has 0 aromatic heterocycles. The normalized spacial score (nSPS) is 31.1. The molecular weight excluding hydrogens is 390 g/mol. The Kier molecular flexibility index (Phi) is 4.36. The Hall–Kier alpha value is -2.79. The van der Waals surface area contributed by atoms with Crippen molar-refractivity contribution >= 4 is 29.2 Å². The van der Waals surface area contributed by atoms with Crippen LogP contribution in [0.15, 0.2) is 60.7 Å². The molecule has 4 aliphatic rings.